The average Bonchev–Trinajstić information content (AvgIpc) is 2.25. The fourth-order valence-electron chi connectivity index (χ4n) is 1.07. The van der Waals surface area contributed by atoms with Gasteiger partial charge in [0.1, 0.15) is 5.15 Å². The average molecular weight is 243 g/mol. The van der Waals surface area contributed by atoms with Gasteiger partial charge in [-0.05, 0) is 26.0 Å². The van der Waals surface area contributed by atoms with Crippen LogP contribution in [0.2, 0.25) is 5.15 Å². The first kappa shape index (κ1) is 12.9. The number of halogens is 1. The fourth-order valence-corrected chi connectivity index (χ4v) is 1.18. The molecule has 0 saturated heterocycles. The first-order valence-electron chi connectivity index (χ1n) is 5.11. The maximum Gasteiger partial charge on any atom is 0.252 e. The molecule has 1 aromatic heterocycles. The van der Waals surface area contributed by atoms with Crippen molar-refractivity contribution in [1.82, 2.24) is 10.3 Å². The van der Waals surface area contributed by atoms with Crippen LogP contribution in [0.15, 0.2) is 18.3 Å². The number of hydrogen-bond donors (Lipinski definition) is 1. The summed E-state index contributed by atoms with van der Waals surface area (Å²) >= 11 is 5.62. The van der Waals surface area contributed by atoms with Gasteiger partial charge >= 0.3 is 0 Å². The second-order valence-electron chi connectivity index (χ2n) is 3.55. The van der Waals surface area contributed by atoms with E-state index in [-0.39, 0.29) is 12.0 Å². The molecule has 0 aromatic carbocycles. The van der Waals surface area contributed by atoms with E-state index in [9.17, 15) is 4.79 Å². The van der Waals surface area contributed by atoms with Crippen molar-refractivity contribution >= 4 is 17.5 Å². The monoisotopic (exact) mass is 242 g/mol. The highest BCUT2D eigenvalue weighted by molar-refractivity contribution is 6.29. The van der Waals surface area contributed by atoms with E-state index < -0.39 is 0 Å². The molecule has 16 heavy (non-hydrogen) atoms. The summed E-state index contributed by atoms with van der Waals surface area (Å²) in [4.78, 5) is 15.4. The lowest BCUT2D eigenvalue weighted by Gasteiger charge is -2.08. The van der Waals surface area contributed by atoms with Gasteiger partial charge in [0, 0.05) is 12.7 Å². The number of nitrogens with one attached hydrogen (secondary N) is 1. The van der Waals surface area contributed by atoms with E-state index >= 15 is 0 Å². The summed E-state index contributed by atoms with van der Waals surface area (Å²) in [6.45, 7) is 4.89. The molecule has 0 bridgehead atoms. The van der Waals surface area contributed by atoms with Gasteiger partial charge in [0.2, 0.25) is 0 Å². The summed E-state index contributed by atoms with van der Waals surface area (Å²) in [5, 5.41) is 3.10. The van der Waals surface area contributed by atoms with Gasteiger partial charge in [-0.3, -0.25) is 4.79 Å². The van der Waals surface area contributed by atoms with Crippen molar-refractivity contribution in [3.63, 3.8) is 0 Å². The van der Waals surface area contributed by atoms with Crippen molar-refractivity contribution in [2.24, 2.45) is 0 Å². The molecule has 0 spiro atoms. The highest BCUT2D eigenvalue weighted by Gasteiger charge is 2.04. The van der Waals surface area contributed by atoms with Crippen molar-refractivity contribution < 1.29 is 9.53 Å². The normalized spacial score (nSPS) is 10.5. The van der Waals surface area contributed by atoms with Crippen molar-refractivity contribution in [2.45, 2.75) is 20.0 Å². The van der Waals surface area contributed by atoms with Gasteiger partial charge in [0.05, 0.1) is 18.3 Å². The first-order valence-corrected chi connectivity index (χ1v) is 5.48. The number of nitrogens with zero attached hydrogens (tertiary/aromatic N) is 1. The van der Waals surface area contributed by atoms with Gasteiger partial charge in [-0.25, -0.2) is 4.98 Å². The summed E-state index contributed by atoms with van der Waals surface area (Å²) in [6.07, 6.45) is 1.62. The molecule has 0 saturated carbocycles. The highest BCUT2D eigenvalue weighted by Crippen LogP contribution is 2.04. The first-order chi connectivity index (χ1) is 7.59. The van der Waals surface area contributed by atoms with Gasteiger partial charge in [-0.1, -0.05) is 11.6 Å². The molecule has 1 N–H and O–H groups in total. The van der Waals surface area contributed by atoms with E-state index in [1.807, 2.05) is 13.8 Å². The molecule has 0 aliphatic carbocycles. The van der Waals surface area contributed by atoms with E-state index in [0.29, 0.717) is 23.9 Å². The van der Waals surface area contributed by atoms with Crippen LogP contribution in [0, 0.1) is 0 Å². The Bertz CT molecular complexity index is 338. The second kappa shape index (κ2) is 6.45. The molecule has 0 radical (unpaired) electrons. The molecular weight excluding hydrogens is 228 g/mol. The molecule has 1 heterocycles. The maximum atomic E-state index is 11.6. The SMILES string of the molecule is CC(C)OCCNC(=O)c1ccc(Cl)nc1. The zero-order chi connectivity index (χ0) is 12.0. The second-order valence-corrected chi connectivity index (χ2v) is 3.93. The van der Waals surface area contributed by atoms with Crippen molar-refractivity contribution in [1.29, 1.82) is 0 Å². The van der Waals surface area contributed by atoms with Crippen LogP contribution in [0.4, 0.5) is 0 Å². The molecule has 0 atom stereocenters. The van der Waals surface area contributed by atoms with Gasteiger partial charge in [-0.15, -0.1) is 0 Å². The number of carbonyl (C=O) groups excluding carboxylic acids is 1. The standard InChI is InChI=1S/C11H15ClN2O2/c1-8(2)16-6-5-13-11(15)9-3-4-10(12)14-7-9/h3-4,7-8H,5-6H2,1-2H3,(H,13,15). The molecule has 1 aromatic rings. The predicted octanol–water partition coefficient (Wildman–Crippen LogP) is 1.89. The summed E-state index contributed by atoms with van der Waals surface area (Å²) in [6, 6.07) is 3.22. The van der Waals surface area contributed by atoms with Crippen molar-refractivity contribution in [3.05, 3.63) is 29.0 Å². The quantitative estimate of drug-likeness (QED) is 0.634. The molecule has 0 unspecified atom stereocenters. The Morgan fingerprint density at radius 2 is 2.31 bits per heavy atom. The Labute approximate surface area is 100.0 Å². The number of rotatable bonds is 5. The fraction of sp³-hybridized carbons (Fsp3) is 0.455. The summed E-state index contributed by atoms with van der Waals surface area (Å²) in [5.74, 6) is -0.170. The van der Waals surface area contributed by atoms with Crippen molar-refractivity contribution in [2.75, 3.05) is 13.2 Å². The minimum Gasteiger partial charge on any atom is -0.377 e. The van der Waals surface area contributed by atoms with Gasteiger partial charge < -0.3 is 10.1 Å². The molecule has 4 nitrogen and oxygen atoms in total. The molecule has 88 valence electrons. The number of carbonyl (C=O) groups is 1. The summed E-state index contributed by atoms with van der Waals surface area (Å²) < 4.78 is 5.30. The van der Waals surface area contributed by atoms with Gasteiger partial charge in [-0.2, -0.15) is 0 Å². The molecule has 5 heteroatoms. The van der Waals surface area contributed by atoms with Crippen LogP contribution in [0.5, 0.6) is 0 Å². The number of hydrogen-bond acceptors (Lipinski definition) is 3. The molecule has 0 aliphatic heterocycles. The van der Waals surface area contributed by atoms with Crippen LogP contribution in [0.1, 0.15) is 24.2 Å². The van der Waals surface area contributed by atoms with E-state index in [0.717, 1.165) is 0 Å². The lowest BCUT2D eigenvalue weighted by Crippen LogP contribution is -2.28. The Morgan fingerprint density at radius 1 is 1.56 bits per heavy atom. The minimum absolute atomic E-state index is 0.170. The van der Waals surface area contributed by atoms with E-state index in [4.69, 9.17) is 16.3 Å². The highest BCUT2D eigenvalue weighted by atomic mass is 35.5. The van der Waals surface area contributed by atoms with Crippen molar-refractivity contribution in [3.8, 4) is 0 Å². The van der Waals surface area contributed by atoms with Crippen LogP contribution >= 0.6 is 11.6 Å². The maximum absolute atomic E-state index is 11.6. The third kappa shape index (κ3) is 4.59. The molecule has 1 amide bonds. The minimum atomic E-state index is -0.170. The van der Waals surface area contributed by atoms with E-state index in [1.54, 1.807) is 12.1 Å². The van der Waals surface area contributed by atoms with E-state index in [1.165, 1.54) is 6.20 Å². The lowest BCUT2D eigenvalue weighted by molar-refractivity contribution is 0.0746. The summed E-state index contributed by atoms with van der Waals surface area (Å²) in [5.41, 5.74) is 0.494. The Kier molecular flexibility index (Phi) is 5.22. The Balaban J connectivity index is 2.32. The van der Waals surface area contributed by atoms with Crippen LogP contribution in [0.25, 0.3) is 0 Å². The van der Waals surface area contributed by atoms with E-state index in [2.05, 4.69) is 10.3 Å². The number of aromatic nitrogens is 1. The third-order valence-corrected chi connectivity index (χ3v) is 2.05. The Hall–Kier alpha value is -1.13. The largest absolute Gasteiger partial charge is 0.377 e. The molecule has 0 fully saturated rings. The topological polar surface area (TPSA) is 51.2 Å². The molecule has 1 rings (SSSR count). The molecular formula is C11H15ClN2O2. The van der Waals surface area contributed by atoms with Crippen LogP contribution in [-0.2, 0) is 4.74 Å². The predicted molar refractivity (Wildman–Crippen MR) is 62.7 cm³/mol. The number of ether oxygens (including phenoxy) is 1. The number of pyridine rings is 1. The smallest absolute Gasteiger partial charge is 0.252 e. The lowest BCUT2D eigenvalue weighted by atomic mass is 10.3. The molecule has 0 aliphatic rings. The zero-order valence-electron chi connectivity index (χ0n) is 9.37. The zero-order valence-corrected chi connectivity index (χ0v) is 10.1. The summed E-state index contributed by atoms with van der Waals surface area (Å²) in [7, 11) is 0. The van der Waals surface area contributed by atoms with Gasteiger partial charge in [0.15, 0.2) is 0 Å². The van der Waals surface area contributed by atoms with Crippen LogP contribution in [0.3, 0.4) is 0 Å². The van der Waals surface area contributed by atoms with Crippen LogP contribution in [-0.4, -0.2) is 30.1 Å². The Morgan fingerprint density at radius 3 is 2.88 bits per heavy atom. The third-order valence-electron chi connectivity index (χ3n) is 1.83. The number of amides is 1. The van der Waals surface area contributed by atoms with Gasteiger partial charge in [0.25, 0.3) is 5.91 Å². The van der Waals surface area contributed by atoms with Crippen LogP contribution < -0.4 is 5.32 Å².